The van der Waals surface area contributed by atoms with Crippen molar-refractivity contribution < 1.29 is 0 Å². The van der Waals surface area contributed by atoms with Crippen molar-refractivity contribution in [1.29, 1.82) is 0 Å². The van der Waals surface area contributed by atoms with Gasteiger partial charge >= 0.3 is 0 Å². The molecule has 89 heavy (non-hydrogen) atoms. The van der Waals surface area contributed by atoms with Crippen LogP contribution in [0.3, 0.4) is 0 Å². The summed E-state index contributed by atoms with van der Waals surface area (Å²) in [4.78, 5) is 31.9. The minimum absolute atomic E-state index is 0.0483. The molecule has 416 valence electrons. The number of para-hydroxylation sites is 4. The van der Waals surface area contributed by atoms with E-state index in [1.54, 1.807) is 0 Å². The first kappa shape index (κ1) is 51.6. The summed E-state index contributed by atoms with van der Waals surface area (Å²) in [5.74, 6) is 2.20. The Balaban J connectivity index is 0.832. The fraction of sp³-hybridized carbons (Fsp3) is 0.0125. The number of aryl methyl sites for hydroxylation is 1. The number of fused-ring (bicyclic) bond motifs is 7. The highest BCUT2D eigenvalue weighted by molar-refractivity contribution is 7.00. The van der Waals surface area contributed by atoms with Gasteiger partial charge in [-0.05, 0) is 132 Å². The molecule has 0 aliphatic carbocycles. The van der Waals surface area contributed by atoms with Gasteiger partial charge in [0.05, 0.1) is 28.1 Å². The molecule has 0 saturated carbocycles. The van der Waals surface area contributed by atoms with Crippen LogP contribution in [0.1, 0.15) is 5.56 Å². The van der Waals surface area contributed by atoms with Gasteiger partial charge in [0, 0.05) is 78.3 Å². The Kier molecular flexibility index (Phi) is 12.4. The van der Waals surface area contributed by atoms with Gasteiger partial charge in [-0.15, -0.1) is 0 Å². The summed E-state index contributed by atoms with van der Waals surface area (Å²) >= 11 is 0. The summed E-state index contributed by atoms with van der Waals surface area (Å²) in [5, 5.41) is 2.33. The molecule has 5 heterocycles. The summed E-state index contributed by atoms with van der Waals surface area (Å²) in [6.45, 7) is 2.20. The zero-order valence-corrected chi connectivity index (χ0v) is 48.5. The zero-order chi connectivity index (χ0) is 58.9. The lowest BCUT2D eigenvalue weighted by Crippen LogP contribution is -2.61. The number of nitrogens with zero attached hydrogens (tertiary/aromatic N) is 8. The molecule has 17 rings (SSSR count). The molecule has 15 aromatic rings. The third kappa shape index (κ3) is 8.89. The van der Waals surface area contributed by atoms with Crippen molar-refractivity contribution in [2.45, 2.75) is 6.92 Å². The largest absolute Gasteiger partial charge is 0.311 e. The van der Waals surface area contributed by atoms with E-state index in [0.29, 0.717) is 23.3 Å². The van der Waals surface area contributed by atoms with E-state index in [9.17, 15) is 0 Å². The second-order valence-electron chi connectivity index (χ2n) is 22.9. The van der Waals surface area contributed by atoms with Crippen LogP contribution >= 0.6 is 0 Å². The Labute approximate surface area is 516 Å². The maximum absolute atomic E-state index is 5.57. The second-order valence-corrected chi connectivity index (χ2v) is 22.9. The predicted molar refractivity (Wildman–Crippen MR) is 367 cm³/mol. The van der Waals surface area contributed by atoms with Crippen LogP contribution in [0.4, 0.5) is 34.1 Å². The van der Waals surface area contributed by atoms with Gasteiger partial charge in [0.15, 0.2) is 23.3 Å². The Morgan fingerprint density at radius 1 is 0.281 bits per heavy atom. The molecule has 12 aromatic carbocycles. The molecule has 0 bridgehead atoms. The van der Waals surface area contributed by atoms with Crippen LogP contribution in [0.5, 0.6) is 0 Å². The van der Waals surface area contributed by atoms with Crippen LogP contribution in [0.25, 0.3) is 107 Å². The molecular formula is C80H53BN8. The van der Waals surface area contributed by atoms with Crippen LogP contribution in [-0.4, -0.2) is 36.2 Å². The Morgan fingerprint density at radius 2 is 0.753 bits per heavy atom. The molecule has 2 aliphatic rings. The Hall–Kier alpha value is -11.8. The van der Waals surface area contributed by atoms with Crippen molar-refractivity contribution >= 4 is 79.0 Å². The molecule has 9 heteroatoms. The fourth-order valence-electron chi connectivity index (χ4n) is 13.5. The smallest absolute Gasteiger partial charge is 0.252 e. The zero-order valence-electron chi connectivity index (χ0n) is 48.5. The van der Waals surface area contributed by atoms with E-state index in [2.05, 4.69) is 270 Å². The van der Waals surface area contributed by atoms with Crippen LogP contribution in [0.15, 0.2) is 303 Å². The van der Waals surface area contributed by atoms with Crippen molar-refractivity contribution in [3.8, 4) is 84.9 Å². The third-order valence-electron chi connectivity index (χ3n) is 17.5. The van der Waals surface area contributed by atoms with E-state index >= 15 is 0 Å². The first-order valence-electron chi connectivity index (χ1n) is 30.2. The predicted octanol–water partition coefficient (Wildman–Crippen LogP) is 17.8. The second kappa shape index (κ2) is 21.3. The average molecular weight is 1140 g/mol. The van der Waals surface area contributed by atoms with Gasteiger partial charge in [-0.2, -0.15) is 0 Å². The molecule has 3 aromatic heterocycles. The van der Waals surface area contributed by atoms with E-state index in [1.165, 1.54) is 38.7 Å². The Morgan fingerprint density at radius 3 is 1.44 bits per heavy atom. The number of hydrogen-bond acceptors (Lipinski definition) is 7. The molecule has 0 N–H and O–H groups in total. The first-order valence-corrected chi connectivity index (χ1v) is 30.2. The van der Waals surface area contributed by atoms with Gasteiger partial charge < -0.3 is 14.4 Å². The number of hydrogen-bond donors (Lipinski definition) is 0. The molecular weight excluding hydrogens is 1080 g/mol. The van der Waals surface area contributed by atoms with E-state index in [0.717, 1.165) is 101 Å². The highest BCUT2D eigenvalue weighted by Gasteiger charge is 2.43. The van der Waals surface area contributed by atoms with Crippen LogP contribution in [0.2, 0.25) is 0 Å². The maximum atomic E-state index is 5.57. The molecule has 0 saturated heterocycles. The van der Waals surface area contributed by atoms with E-state index in [1.807, 2.05) is 54.6 Å². The van der Waals surface area contributed by atoms with E-state index in [-0.39, 0.29) is 6.71 Å². The number of anilines is 6. The summed E-state index contributed by atoms with van der Waals surface area (Å²) < 4.78 is 2.35. The molecule has 0 unspecified atom stereocenters. The minimum atomic E-state index is 0.0483. The van der Waals surface area contributed by atoms with Gasteiger partial charge in [-0.1, -0.05) is 212 Å². The molecule has 0 spiro atoms. The van der Waals surface area contributed by atoms with E-state index in [4.69, 9.17) is 24.9 Å². The van der Waals surface area contributed by atoms with Crippen LogP contribution in [0, 0.1) is 6.92 Å². The van der Waals surface area contributed by atoms with Gasteiger partial charge in [-0.25, -0.2) is 24.9 Å². The third-order valence-corrected chi connectivity index (χ3v) is 17.5. The van der Waals surface area contributed by atoms with Crippen molar-refractivity contribution in [1.82, 2.24) is 29.5 Å². The molecule has 0 atom stereocenters. The molecule has 0 amide bonds. The van der Waals surface area contributed by atoms with Crippen LogP contribution in [-0.2, 0) is 0 Å². The van der Waals surface area contributed by atoms with Crippen molar-refractivity contribution in [3.05, 3.63) is 309 Å². The quantitative estimate of drug-likeness (QED) is 0.126. The van der Waals surface area contributed by atoms with Gasteiger partial charge in [0.25, 0.3) is 6.71 Å². The first-order chi connectivity index (χ1) is 44.0. The van der Waals surface area contributed by atoms with Crippen molar-refractivity contribution in [2.75, 3.05) is 9.80 Å². The van der Waals surface area contributed by atoms with Crippen molar-refractivity contribution in [2.24, 2.45) is 0 Å². The topological polar surface area (TPSA) is 75.9 Å². The van der Waals surface area contributed by atoms with Crippen LogP contribution < -0.4 is 26.2 Å². The molecule has 8 nitrogen and oxygen atoms in total. The Bertz CT molecular complexity index is 5190. The van der Waals surface area contributed by atoms with E-state index < -0.39 is 0 Å². The molecule has 2 aliphatic heterocycles. The lowest BCUT2D eigenvalue weighted by molar-refractivity contribution is 1.06. The highest BCUT2D eigenvalue weighted by Crippen LogP contribution is 2.45. The molecule has 0 fully saturated rings. The average Bonchev–Trinajstić information content (AvgIpc) is 1.22. The normalized spacial score (nSPS) is 12.3. The van der Waals surface area contributed by atoms with Crippen molar-refractivity contribution in [3.63, 3.8) is 0 Å². The lowest BCUT2D eigenvalue weighted by Gasteiger charge is -2.44. The fourth-order valence-corrected chi connectivity index (χ4v) is 13.5. The number of rotatable bonds is 10. The standard InChI is InChI=1S/C80H53BN8/c1-52-43-45-70-63(47-52)62-35-14-17-38-69(62)89(70)71-46-44-59(78-82-67(53-23-6-2-7-24-53)51-68(83-78)54-25-8-3-9-26-54)50-64(71)80-85-77(55-27-10-4-11-28-55)84-79(86-80)58-31-20-29-56(48-58)57-30-21-34-61(49-57)88-73-40-19-16-37-66(73)81-65-36-15-18-39-72(65)87(60-32-12-5-13-33-60)74-41-22-42-75(88)76(74)81/h2-51H,1H3. The summed E-state index contributed by atoms with van der Waals surface area (Å²) in [7, 11) is 0. The monoisotopic (exact) mass is 1140 g/mol. The number of benzene rings is 12. The van der Waals surface area contributed by atoms with Gasteiger partial charge in [-0.3, -0.25) is 0 Å². The van der Waals surface area contributed by atoms with Gasteiger partial charge in [0.2, 0.25) is 0 Å². The van der Waals surface area contributed by atoms with Gasteiger partial charge in [0.1, 0.15) is 0 Å². The summed E-state index contributed by atoms with van der Waals surface area (Å²) in [6.07, 6.45) is 0. The summed E-state index contributed by atoms with van der Waals surface area (Å²) in [5.41, 5.74) is 24.1. The summed E-state index contributed by atoms with van der Waals surface area (Å²) in [6, 6.07) is 108. The number of aromatic nitrogens is 6. The SMILES string of the molecule is Cc1ccc2c(c1)c1ccccc1n2-c1ccc(-c2nc(-c3ccccc3)cc(-c3ccccc3)n2)cc1-c1nc(-c2ccccc2)nc(-c2cccc(-c3cccc(N4c5ccccc5B5c6ccccc6N(c6ccccc6)c6cccc4c65)c3)c2)n1. The lowest BCUT2D eigenvalue weighted by atomic mass is 9.33. The maximum Gasteiger partial charge on any atom is 0.252 e. The highest BCUT2D eigenvalue weighted by atomic mass is 15.2. The molecule has 0 radical (unpaired) electrons. The minimum Gasteiger partial charge on any atom is -0.311 e.